The van der Waals surface area contributed by atoms with Gasteiger partial charge < -0.3 is 4.90 Å². The zero-order valence-electron chi connectivity index (χ0n) is 13.2. The highest BCUT2D eigenvalue weighted by Gasteiger charge is 2.27. The number of hydrogen-bond donors (Lipinski definition) is 0. The third-order valence-electron chi connectivity index (χ3n) is 3.50. The van der Waals surface area contributed by atoms with Crippen molar-refractivity contribution in [1.29, 1.82) is 5.26 Å². The van der Waals surface area contributed by atoms with Gasteiger partial charge in [-0.1, -0.05) is 30.3 Å². The highest BCUT2D eigenvalue weighted by Crippen LogP contribution is 2.21. The molecule has 0 saturated carbocycles. The highest BCUT2D eigenvalue weighted by molar-refractivity contribution is 5.94. The Morgan fingerprint density at radius 2 is 1.64 bits per heavy atom. The summed E-state index contributed by atoms with van der Waals surface area (Å²) < 4.78 is 0. The predicted octanol–water partition coefficient (Wildman–Crippen LogP) is 4.00. The Balaban J connectivity index is 2.29. The van der Waals surface area contributed by atoms with E-state index >= 15 is 0 Å². The molecular weight excluding hydrogens is 272 g/mol. The van der Waals surface area contributed by atoms with Crippen LogP contribution in [0.25, 0.3) is 0 Å². The van der Waals surface area contributed by atoms with Gasteiger partial charge in [0, 0.05) is 17.6 Å². The number of carbonyl (C=O) groups excluding carboxylic acids is 1. The fourth-order valence-electron chi connectivity index (χ4n) is 2.22. The SMILES string of the molecule is CC(C)(C)N(Cc1ccccc1)C(=O)c1ccc(C#N)cc1. The van der Waals surface area contributed by atoms with Crippen molar-refractivity contribution in [3.63, 3.8) is 0 Å². The number of nitriles is 1. The van der Waals surface area contributed by atoms with Gasteiger partial charge in [-0.15, -0.1) is 0 Å². The van der Waals surface area contributed by atoms with Gasteiger partial charge >= 0.3 is 0 Å². The van der Waals surface area contributed by atoms with E-state index in [0.717, 1.165) is 5.56 Å². The lowest BCUT2D eigenvalue weighted by molar-refractivity contribution is 0.0559. The van der Waals surface area contributed by atoms with Crippen molar-refractivity contribution in [3.05, 3.63) is 71.3 Å². The largest absolute Gasteiger partial charge is 0.329 e. The van der Waals surface area contributed by atoms with E-state index in [1.165, 1.54) is 0 Å². The third kappa shape index (κ3) is 3.73. The first-order valence-electron chi connectivity index (χ1n) is 7.28. The smallest absolute Gasteiger partial charge is 0.254 e. The van der Waals surface area contributed by atoms with Crippen molar-refractivity contribution in [2.75, 3.05) is 0 Å². The Hall–Kier alpha value is -2.60. The molecule has 1 amide bonds. The van der Waals surface area contributed by atoms with Crippen LogP contribution in [0.5, 0.6) is 0 Å². The molecule has 22 heavy (non-hydrogen) atoms. The minimum Gasteiger partial charge on any atom is -0.329 e. The molecule has 2 aromatic carbocycles. The second-order valence-corrected chi connectivity index (χ2v) is 6.24. The highest BCUT2D eigenvalue weighted by atomic mass is 16.2. The molecule has 3 heteroatoms. The van der Waals surface area contributed by atoms with E-state index in [2.05, 4.69) is 6.07 Å². The lowest BCUT2D eigenvalue weighted by Gasteiger charge is -2.36. The van der Waals surface area contributed by atoms with Crippen LogP contribution in [0.2, 0.25) is 0 Å². The molecule has 0 fully saturated rings. The Labute approximate surface area is 131 Å². The van der Waals surface area contributed by atoms with Gasteiger partial charge in [0.25, 0.3) is 5.91 Å². The minimum absolute atomic E-state index is 0.0270. The van der Waals surface area contributed by atoms with Crippen LogP contribution in [0.4, 0.5) is 0 Å². The van der Waals surface area contributed by atoms with Gasteiger partial charge in [0.1, 0.15) is 0 Å². The molecule has 0 atom stereocenters. The molecule has 0 N–H and O–H groups in total. The Bertz CT molecular complexity index is 676. The molecule has 112 valence electrons. The minimum atomic E-state index is -0.291. The number of rotatable bonds is 3. The van der Waals surface area contributed by atoms with Gasteiger partial charge in [0.05, 0.1) is 11.6 Å². The number of hydrogen-bond acceptors (Lipinski definition) is 2. The fraction of sp³-hybridized carbons (Fsp3) is 0.263. The molecule has 0 saturated heterocycles. The quantitative estimate of drug-likeness (QED) is 0.858. The molecule has 0 aliphatic carbocycles. The van der Waals surface area contributed by atoms with E-state index in [4.69, 9.17) is 5.26 Å². The zero-order chi connectivity index (χ0) is 16.2. The normalized spacial score (nSPS) is 10.8. The van der Waals surface area contributed by atoms with Crippen molar-refractivity contribution in [3.8, 4) is 6.07 Å². The van der Waals surface area contributed by atoms with Crippen LogP contribution < -0.4 is 0 Å². The third-order valence-corrected chi connectivity index (χ3v) is 3.50. The summed E-state index contributed by atoms with van der Waals surface area (Å²) >= 11 is 0. The summed E-state index contributed by atoms with van der Waals surface area (Å²) in [5.74, 6) is -0.0270. The molecule has 0 spiro atoms. The van der Waals surface area contributed by atoms with Gasteiger partial charge in [-0.25, -0.2) is 0 Å². The molecule has 2 rings (SSSR count). The average Bonchev–Trinajstić information content (AvgIpc) is 2.52. The van der Waals surface area contributed by atoms with E-state index in [1.54, 1.807) is 24.3 Å². The summed E-state index contributed by atoms with van der Waals surface area (Å²) in [7, 11) is 0. The van der Waals surface area contributed by atoms with Gasteiger partial charge in [-0.2, -0.15) is 5.26 Å². The van der Waals surface area contributed by atoms with Gasteiger partial charge in [-0.3, -0.25) is 4.79 Å². The first kappa shape index (κ1) is 15.8. The fourth-order valence-corrected chi connectivity index (χ4v) is 2.22. The Morgan fingerprint density at radius 1 is 1.05 bits per heavy atom. The number of nitrogens with zero attached hydrogens (tertiary/aromatic N) is 2. The molecule has 0 aliphatic rings. The summed E-state index contributed by atoms with van der Waals surface area (Å²) in [5, 5.41) is 8.86. The first-order valence-corrected chi connectivity index (χ1v) is 7.28. The predicted molar refractivity (Wildman–Crippen MR) is 87.2 cm³/mol. The molecule has 0 aliphatic heterocycles. The van der Waals surface area contributed by atoms with Crippen LogP contribution >= 0.6 is 0 Å². The summed E-state index contributed by atoms with van der Waals surface area (Å²) in [6.07, 6.45) is 0. The van der Waals surface area contributed by atoms with Crippen LogP contribution in [0.1, 0.15) is 42.3 Å². The van der Waals surface area contributed by atoms with Crippen LogP contribution in [-0.4, -0.2) is 16.3 Å². The molecule has 3 nitrogen and oxygen atoms in total. The second kappa shape index (κ2) is 6.44. The molecule has 0 aromatic heterocycles. The maximum absolute atomic E-state index is 12.8. The number of benzene rings is 2. The monoisotopic (exact) mass is 292 g/mol. The molecule has 0 heterocycles. The van der Waals surface area contributed by atoms with Crippen molar-refractivity contribution >= 4 is 5.91 Å². The van der Waals surface area contributed by atoms with Crippen LogP contribution in [0.3, 0.4) is 0 Å². The molecule has 2 aromatic rings. The van der Waals surface area contributed by atoms with E-state index < -0.39 is 0 Å². The van der Waals surface area contributed by atoms with E-state index in [0.29, 0.717) is 17.7 Å². The zero-order valence-corrected chi connectivity index (χ0v) is 13.2. The Kier molecular flexibility index (Phi) is 4.62. The standard InChI is InChI=1S/C19H20N2O/c1-19(2,3)21(14-16-7-5-4-6-8-16)18(22)17-11-9-15(13-20)10-12-17/h4-12H,14H2,1-3H3. The lowest BCUT2D eigenvalue weighted by atomic mass is 10.0. The van der Waals surface area contributed by atoms with Crippen molar-refractivity contribution in [1.82, 2.24) is 4.90 Å². The van der Waals surface area contributed by atoms with Gasteiger partial charge in [0.15, 0.2) is 0 Å². The van der Waals surface area contributed by atoms with E-state index in [1.807, 2.05) is 56.0 Å². The molecular formula is C19H20N2O. The molecule has 0 radical (unpaired) electrons. The summed E-state index contributed by atoms with van der Waals surface area (Å²) in [6.45, 7) is 6.63. The lowest BCUT2D eigenvalue weighted by Crippen LogP contribution is -2.45. The Morgan fingerprint density at radius 3 is 2.14 bits per heavy atom. The first-order chi connectivity index (χ1) is 10.4. The molecule has 0 unspecified atom stereocenters. The van der Waals surface area contributed by atoms with E-state index in [9.17, 15) is 4.79 Å². The van der Waals surface area contributed by atoms with Crippen molar-refractivity contribution < 1.29 is 4.79 Å². The topological polar surface area (TPSA) is 44.1 Å². The maximum atomic E-state index is 12.8. The van der Waals surface area contributed by atoms with E-state index in [-0.39, 0.29) is 11.4 Å². The number of carbonyl (C=O) groups is 1. The summed E-state index contributed by atoms with van der Waals surface area (Å²) in [4.78, 5) is 14.7. The number of amides is 1. The van der Waals surface area contributed by atoms with Gasteiger partial charge in [0.2, 0.25) is 0 Å². The van der Waals surface area contributed by atoms with Crippen LogP contribution in [0, 0.1) is 11.3 Å². The van der Waals surface area contributed by atoms with Crippen molar-refractivity contribution in [2.24, 2.45) is 0 Å². The second-order valence-electron chi connectivity index (χ2n) is 6.24. The van der Waals surface area contributed by atoms with Crippen LogP contribution in [-0.2, 0) is 6.54 Å². The summed E-state index contributed by atoms with van der Waals surface area (Å²) in [5.41, 5.74) is 1.96. The average molecular weight is 292 g/mol. The summed E-state index contributed by atoms with van der Waals surface area (Å²) in [6, 6.07) is 18.8. The van der Waals surface area contributed by atoms with Crippen LogP contribution in [0.15, 0.2) is 54.6 Å². The van der Waals surface area contributed by atoms with Crippen molar-refractivity contribution in [2.45, 2.75) is 32.9 Å². The molecule has 0 bridgehead atoms. The maximum Gasteiger partial charge on any atom is 0.254 e. The van der Waals surface area contributed by atoms with Gasteiger partial charge in [-0.05, 0) is 50.6 Å².